The van der Waals surface area contributed by atoms with E-state index in [2.05, 4.69) is 22.6 Å². The summed E-state index contributed by atoms with van der Waals surface area (Å²) >= 11 is 0. The third kappa shape index (κ3) is 5.57. The third-order valence-electron chi connectivity index (χ3n) is 6.56. The topological polar surface area (TPSA) is 66.4 Å². The number of halogens is 2. The van der Waals surface area contributed by atoms with Crippen LogP contribution in [0.2, 0.25) is 0 Å². The SMILES string of the molecule is CON(C)C(=O)N1N=C(c2cc(F)ccc2F)OC1(CCCNC1CCC=CCC1)c1ccccc1. The van der Waals surface area contributed by atoms with Gasteiger partial charge in [0.15, 0.2) is 0 Å². The van der Waals surface area contributed by atoms with Crippen LogP contribution >= 0.6 is 0 Å². The summed E-state index contributed by atoms with van der Waals surface area (Å²) in [6.07, 6.45) is 9.71. The quantitative estimate of drug-likeness (QED) is 0.305. The minimum atomic E-state index is -1.37. The second kappa shape index (κ2) is 11.6. The van der Waals surface area contributed by atoms with Gasteiger partial charge in [-0.2, -0.15) is 5.01 Å². The molecule has 2 aromatic carbocycles. The lowest BCUT2D eigenvalue weighted by molar-refractivity contribution is -0.113. The van der Waals surface area contributed by atoms with Crippen molar-refractivity contribution in [2.75, 3.05) is 20.7 Å². The van der Waals surface area contributed by atoms with Crippen molar-refractivity contribution in [3.05, 3.63) is 83.4 Å². The Labute approximate surface area is 210 Å². The average Bonchev–Trinajstić information content (AvgIpc) is 3.09. The molecule has 192 valence electrons. The molecule has 1 unspecified atom stereocenters. The highest BCUT2D eigenvalue weighted by molar-refractivity contribution is 5.97. The van der Waals surface area contributed by atoms with Gasteiger partial charge in [-0.05, 0) is 56.8 Å². The maximum absolute atomic E-state index is 14.7. The van der Waals surface area contributed by atoms with Crippen molar-refractivity contribution in [3.8, 4) is 0 Å². The van der Waals surface area contributed by atoms with E-state index >= 15 is 0 Å². The average molecular weight is 499 g/mol. The van der Waals surface area contributed by atoms with Gasteiger partial charge in [0.1, 0.15) is 11.6 Å². The van der Waals surface area contributed by atoms with Crippen LogP contribution in [0.5, 0.6) is 0 Å². The molecule has 0 saturated carbocycles. The number of hydrogen-bond acceptors (Lipinski definition) is 5. The fourth-order valence-electron chi connectivity index (χ4n) is 4.57. The van der Waals surface area contributed by atoms with Gasteiger partial charge in [0.2, 0.25) is 11.6 Å². The molecule has 0 radical (unpaired) electrons. The van der Waals surface area contributed by atoms with Crippen LogP contribution in [-0.2, 0) is 15.3 Å². The molecule has 9 heteroatoms. The molecule has 1 heterocycles. The van der Waals surface area contributed by atoms with E-state index in [1.807, 2.05) is 30.3 Å². The van der Waals surface area contributed by atoms with Crippen molar-refractivity contribution in [2.24, 2.45) is 5.10 Å². The van der Waals surface area contributed by atoms with Crippen LogP contribution in [0.1, 0.15) is 49.7 Å². The zero-order chi connectivity index (χ0) is 25.5. The van der Waals surface area contributed by atoms with Gasteiger partial charge < -0.3 is 10.1 Å². The van der Waals surface area contributed by atoms with Gasteiger partial charge in [-0.1, -0.05) is 42.5 Å². The molecule has 4 rings (SSSR count). The zero-order valence-corrected chi connectivity index (χ0v) is 20.6. The van der Waals surface area contributed by atoms with E-state index in [9.17, 15) is 13.6 Å². The summed E-state index contributed by atoms with van der Waals surface area (Å²) in [6, 6.07) is 12.1. The van der Waals surface area contributed by atoms with E-state index in [1.165, 1.54) is 19.2 Å². The van der Waals surface area contributed by atoms with Crippen LogP contribution in [-0.4, -0.2) is 48.7 Å². The summed E-state index contributed by atoms with van der Waals surface area (Å²) in [5.41, 5.74) is -0.863. The minimum Gasteiger partial charge on any atom is -0.443 e. The number of amides is 2. The van der Waals surface area contributed by atoms with E-state index in [1.54, 1.807) is 0 Å². The molecule has 1 aliphatic heterocycles. The maximum Gasteiger partial charge on any atom is 0.368 e. The summed E-state index contributed by atoms with van der Waals surface area (Å²) in [5.74, 6) is -1.50. The van der Waals surface area contributed by atoms with E-state index in [-0.39, 0.29) is 11.5 Å². The lowest BCUT2D eigenvalue weighted by Gasteiger charge is -2.36. The molecule has 0 spiro atoms. The summed E-state index contributed by atoms with van der Waals surface area (Å²) in [6.45, 7) is 0.703. The number of allylic oxidation sites excluding steroid dienone is 2. The smallest absolute Gasteiger partial charge is 0.368 e. The molecule has 0 saturated heterocycles. The number of benzene rings is 2. The minimum absolute atomic E-state index is 0.158. The molecule has 1 N–H and O–H groups in total. The molecule has 7 nitrogen and oxygen atoms in total. The van der Waals surface area contributed by atoms with Crippen LogP contribution in [0, 0.1) is 11.6 Å². The maximum atomic E-state index is 14.7. The Balaban J connectivity index is 1.64. The fourth-order valence-corrected chi connectivity index (χ4v) is 4.57. The largest absolute Gasteiger partial charge is 0.443 e. The predicted molar refractivity (Wildman–Crippen MR) is 133 cm³/mol. The normalized spacial score (nSPS) is 20.1. The number of hydrazone groups is 1. The van der Waals surface area contributed by atoms with Crippen LogP contribution < -0.4 is 5.32 Å². The lowest BCUT2D eigenvalue weighted by Crippen LogP contribution is -2.49. The van der Waals surface area contributed by atoms with E-state index in [4.69, 9.17) is 9.57 Å². The Kier molecular flexibility index (Phi) is 8.32. The second-order valence-corrected chi connectivity index (χ2v) is 8.94. The second-order valence-electron chi connectivity index (χ2n) is 8.94. The molecule has 0 aromatic heterocycles. The molecule has 2 amide bonds. The van der Waals surface area contributed by atoms with Crippen molar-refractivity contribution in [3.63, 3.8) is 0 Å². The summed E-state index contributed by atoms with van der Waals surface area (Å²) < 4.78 is 35.0. The van der Waals surface area contributed by atoms with Crippen molar-refractivity contribution in [2.45, 2.75) is 50.3 Å². The zero-order valence-electron chi connectivity index (χ0n) is 20.6. The molecular formula is C27H32F2N4O3. The van der Waals surface area contributed by atoms with Gasteiger partial charge in [-0.3, -0.25) is 4.84 Å². The number of nitrogens with one attached hydrogen (secondary N) is 1. The molecule has 1 atom stereocenters. The van der Waals surface area contributed by atoms with Crippen molar-refractivity contribution >= 4 is 11.9 Å². The Hall–Kier alpha value is -3.30. The van der Waals surface area contributed by atoms with E-state index in [0.717, 1.165) is 48.9 Å². The highest BCUT2D eigenvalue weighted by Crippen LogP contribution is 2.41. The fraction of sp³-hybridized carbons (Fsp3) is 0.407. The van der Waals surface area contributed by atoms with Crippen LogP contribution in [0.4, 0.5) is 13.6 Å². The van der Waals surface area contributed by atoms with Gasteiger partial charge in [-0.15, -0.1) is 5.10 Å². The Bertz CT molecular complexity index is 1100. The Morgan fingerprint density at radius 1 is 1.19 bits per heavy atom. The number of ether oxygens (including phenoxy) is 1. The molecule has 2 aliphatic rings. The molecular weight excluding hydrogens is 466 g/mol. The molecule has 1 aliphatic carbocycles. The first-order chi connectivity index (χ1) is 17.4. The van der Waals surface area contributed by atoms with Crippen LogP contribution in [0.25, 0.3) is 0 Å². The summed E-state index contributed by atoms with van der Waals surface area (Å²) in [7, 11) is 2.82. The number of rotatable bonds is 8. The van der Waals surface area contributed by atoms with Crippen molar-refractivity contribution in [1.82, 2.24) is 15.4 Å². The number of hydroxylamine groups is 2. The standard InChI is InChI=1S/C27H32F2N4O3/c1-32(35-2)26(34)33-27(20-11-6-5-7-12-20,17-10-18-30-22-13-8-3-4-9-14-22)36-25(31-33)23-19-21(28)15-16-24(23)29/h3-7,11-12,15-16,19,22,30H,8-10,13-14,17-18H2,1-2H3. The van der Waals surface area contributed by atoms with Crippen LogP contribution in [0.3, 0.4) is 0 Å². The third-order valence-corrected chi connectivity index (χ3v) is 6.56. The highest BCUT2D eigenvalue weighted by Gasteiger charge is 2.51. The predicted octanol–water partition coefficient (Wildman–Crippen LogP) is 5.29. The number of carbonyl (C=O) groups is 1. The van der Waals surface area contributed by atoms with Gasteiger partial charge in [-0.25, -0.2) is 18.6 Å². The highest BCUT2D eigenvalue weighted by atomic mass is 19.1. The summed E-state index contributed by atoms with van der Waals surface area (Å²) in [4.78, 5) is 18.5. The lowest BCUT2D eigenvalue weighted by atomic mass is 9.96. The number of hydrogen-bond donors (Lipinski definition) is 1. The molecule has 36 heavy (non-hydrogen) atoms. The van der Waals surface area contributed by atoms with Crippen molar-refractivity contribution < 1.29 is 23.1 Å². The van der Waals surface area contributed by atoms with Gasteiger partial charge in [0, 0.05) is 25.1 Å². The summed E-state index contributed by atoms with van der Waals surface area (Å²) in [5, 5.41) is 10.2. The first-order valence-corrected chi connectivity index (χ1v) is 12.2. The molecule has 2 aromatic rings. The Morgan fingerprint density at radius 2 is 1.92 bits per heavy atom. The van der Waals surface area contributed by atoms with Gasteiger partial charge in [0.05, 0.1) is 12.7 Å². The Morgan fingerprint density at radius 3 is 2.61 bits per heavy atom. The number of nitrogens with zero attached hydrogens (tertiary/aromatic N) is 3. The van der Waals surface area contributed by atoms with Crippen molar-refractivity contribution in [1.29, 1.82) is 0 Å². The number of urea groups is 1. The molecule has 0 bridgehead atoms. The van der Waals surface area contributed by atoms with Gasteiger partial charge in [0.25, 0.3) is 0 Å². The number of carbonyl (C=O) groups excluding carboxylic acids is 1. The first-order valence-electron chi connectivity index (χ1n) is 12.2. The molecule has 0 fully saturated rings. The van der Waals surface area contributed by atoms with E-state index in [0.29, 0.717) is 31.0 Å². The monoisotopic (exact) mass is 498 g/mol. The van der Waals surface area contributed by atoms with Gasteiger partial charge >= 0.3 is 6.03 Å². The van der Waals surface area contributed by atoms with Crippen LogP contribution in [0.15, 0.2) is 65.8 Å². The first kappa shape index (κ1) is 25.8. The van der Waals surface area contributed by atoms with E-state index < -0.39 is 23.4 Å².